The summed E-state index contributed by atoms with van der Waals surface area (Å²) in [4.78, 5) is 4.15. The van der Waals surface area contributed by atoms with Crippen LogP contribution in [0, 0.1) is 6.92 Å². The van der Waals surface area contributed by atoms with Crippen molar-refractivity contribution in [3.63, 3.8) is 0 Å². The summed E-state index contributed by atoms with van der Waals surface area (Å²) >= 11 is 0. The van der Waals surface area contributed by atoms with Crippen molar-refractivity contribution in [2.24, 2.45) is 0 Å². The lowest BCUT2D eigenvalue weighted by Gasteiger charge is -2.02. The molecule has 0 atom stereocenters. The highest BCUT2D eigenvalue weighted by molar-refractivity contribution is 7.89. The van der Waals surface area contributed by atoms with E-state index in [-0.39, 0.29) is 11.4 Å². The molecular weight excluding hydrogens is 296 g/mol. The van der Waals surface area contributed by atoms with Crippen molar-refractivity contribution in [1.29, 1.82) is 0 Å². The maximum absolute atomic E-state index is 12.1. The fourth-order valence-corrected chi connectivity index (χ4v) is 2.64. The van der Waals surface area contributed by atoms with E-state index in [1.54, 1.807) is 11.6 Å². The van der Waals surface area contributed by atoms with E-state index < -0.39 is 10.0 Å². The predicted octanol–water partition coefficient (Wildman–Crippen LogP) is -0.685. The summed E-state index contributed by atoms with van der Waals surface area (Å²) in [6.07, 6.45) is 3.19. The third kappa shape index (κ3) is 4.34. The summed E-state index contributed by atoms with van der Waals surface area (Å²) < 4.78 is 33.0. The van der Waals surface area contributed by atoms with Crippen LogP contribution in [0.3, 0.4) is 0 Å². The molecule has 0 amide bonds. The van der Waals surface area contributed by atoms with Gasteiger partial charge in [0.2, 0.25) is 15.9 Å². The lowest BCUT2D eigenvalue weighted by Crippen LogP contribution is -2.26. The molecule has 116 valence electrons. The average molecular weight is 314 g/mol. The second kappa shape index (κ2) is 6.78. The molecule has 0 saturated heterocycles. The van der Waals surface area contributed by atoms with Gasteiger partial charge in [-0.15, -0.1) is 0 Å². The van der Waals surface area contributed by atoms with Crippen LogP contribution in [0.25, 0.3) is 0 Å². The first kappa shape index (κ1) is 15.6. The maximum Gasteiger partial charge on any atom is 0.243 e. The number of hydrogen-bond donors (Lipinski definition) is 2. The highest BCUT2D eigenvalue weighted by Gasteiger charge is 2.16. The Labute approximate surface area is 122 Å². The van der Waals surface area contributed by atoms with Crippen molar-refractivity contribution < 1.29 is 12.9 Å². The number of likely N-dealkylation sites (N-methyl/N-ethyl adjacent to an activating group) is 1. The Bertz CT molecular complexity index is 678. The van der Waals surface area contributed by atoms with Crippen molar-refractivity contribution in [2.75, 3.05) is 20.1 Å². The van der Waals surface area contributed by atoms with Gasteiger partial charge in [-0.1, -0.05) is 5.16 Å². The van der Waals surface area contributed by atoms with Gasteiger partial charge in [-0.2, -0.15) is 10.1 Å². The van der Waals surface area contributed by atoms with E-state index in [1.807, 2.05) is 7.05 Å². The zero-order chi connectivity index (χ0) is 15.3. The van der Waals surface area contributed by atoms with E-state index >= 15 is 0 Å². The van der Waals surface area contributed by atoms with Gasteiger partial charge in [0.05, 0.1) is 12.7 Å². The molecule has 0 aliphatic rings. The van der Waals surface area contributed by atoms with Crippen LogP contribution in [0.15, 0.2) is 21.8 Å². The van der Waals surface area contributed by atoms with Crippen LogP contribution >= 0.6 is 0 Å². The monoisotopic (exact) mass is 314 g/mol. The van der Waals surface area contributed by atoms with Crippen molar-refractivity contribution in [3.05, 3.63) is 24.1 Å². The van der Waals surface area contributed by atoms with Crippen molar-refractivity contribution >= 4 is 10.0 Å². The zero-order valence-corrected chi connectivity index (χ0v) is 12.7. The first-order valence-corrected chi connectivity index (χ1v) is 7.95. The molecule has 0 aliphatic carbocycles. The Kier molecular flexibility index (Phi) is 5.04. The quantitative estimate of drug-likeness (QED) is 0.663. The Morgan fingerprint density at radius 3 is 2.86 bits per heavy atom. The Balaban J connectivity index is 1.90. The van der Waals surface area contributed by atoms with Gasteiger partial charge in [-0.3, -0.25) is 4.68 Å². The van der Waals surface area contributed by atoms with Gasteiger partial charge in [0, 0.05) is 32.6 Å². The Morgan fingerprint density at radius 1 is 1.38 bits per heavy atom. The van der Waals surface area contributed by atoms with E-state index in [0.29, 0.717) is 31.2 Å². The summed E-state index contributed by atoms with van der Waals surface area (Å²) in [5.74, 6) is 0.929. The number of aryl methyl sites for hydroxylation is 1. The summed E-state index contributed by atoms with van der Waals surface area (Å²) in [5.41, 5.74) is 0. The van der Waals surface area contributed by atoms with E-state index in [1.165, 1.54) is 12.4 Å². The van der Waals surface area contributed by atoms with Crippen LogP contribution in [-0.4, -0.2) is 48.5 Å². The molecule has 0 spiro atoms. The van der Waals surface area contributed by atoms with Crippen LogP contribution in [0.4, 0.5) is 0 Å². The summed E-state index contributed by atoms with van der Waals surface area (Å²) in [7, 11) is -1.75. The number of nitrogens with one attached hydrogen (secondary N) is 2. The fraction of sp³-hybridized carbons (Fsp3) is 0.545. The smallest absolute Gasteiger partial charge is 0.243 e. The van der Waals surface area contributed by atoms with Crippen LogP contribution in [-0.2, 0) is 23.0 Å². The van der Waals surface area contributed by atoms with E-state index in [4.69, 9.17) is 4.52 Å². The molecule has 0 radical (unpaired) electrons. The van der Waals surface area contributed by atoms with Crippen molar-refractivity contribution in [1.82, 2.24) is 30.0 Å². The van der Waals surface area contributed by atoms with Crippen molar-refractivity contribution in [3.8, 4) is 0 Å². The maximum atomic E-state index is 12.1. The first-order valence-electron chi connectivity index (χ1n) is 6.47. The summed E-state index contributed by atoms with van der Waals surface area (Å²) in [6.45, 7) is 3.20. The zero-order valence-electron chi connectivity index (χ0n) is 11.9. The number of rotatable bonds is 8. The molecular formula is C11H18N6O3S. The minimum absolute atomic E-state index is 0.142. The third-order valence-electron chi connectivity index (χ3n) is 2.72. The highest BCUT2D eigenvalue weighted by Crippen LogP contribution is 2.06. The second-order valence-corrected chi connectivity index (χ2v) is 6.19. The number of sulfonamides is 1. The standard InChI is InChI=1S/C11H18N6O3S/c1-9-15-11(16-20-9)3-4-14-21(18,19)10-7-13-17(8-10)6-5-12-2/h7-8,12,14H,3-6H2,1-2H3. The van der Waals surface area contributed by atoms with E-state index in [0.717, 1.165) is 0 Å². The molecule has 0 bridgehead atoms. The minimum atomic E-state index is -3.57. The molecule has 0 fully saturated rings. The lowest BCUT2D eigenvalue weighted by atomic mass is 10.4. The molecule has 9 nitrogen and oxygen atoms in total. The number of hydrogen-bond acceptors (Lipinski definition) is 7. The normalized spacial score (nSPS) is 11.9. The Morgan fingerprint density at radius 2 is 2.19 bits per heavy atom. The first-order chi connectivity index (χ1) is 10.0. The van der Waals surface area contributed by atoms with Gasteiger partial charge in [0.25, 0.3) is 0 Å². The highest BCUT2D eigenvalue weighted by atomic mass is 32.2. The predicted molar refractivity (Wildman–Crippen MR) is 74.1 cm³/mol. The molecule has 2 heterocycles. The molecule has 0 aliphatic heterocycles. The SMILES string of the molecule is CNCCn1cc(S(=O)(=O)NCCc2noc(C)n2)cn1. The van der Waals surface area contributed by atoms with Gasteiger partial charge in [0.15, 0.2) is 5.82 Å². The van der Waals surface area contributed by atoms with Gasteiger partial charge in [0.1, 0.15) is 4.90 Å². The molecule has 0 saturated carbocycles. The van der Waals surface area contributed by atoms with E-state index in [2.05, 4.69) is 25.3 Å². The third-order valence-corrected chi connectivity index (χ3v) is 4.14. The van der Waals surface area contributed by atoms with Crippen LogP contribution in [0.1, 0.15) is 11.7 Å². The molecule has 0 unspecified atom stereocenters. The van der Waals surface area contributed by atoms with Gasteiger partial charge in [-0.05, 0) is 7.05 Å². The average Bonchev–Trinajstić information content (AvgIpc) is 3.06. The van der Waals surface area contributed by atoms with Crippen LogP contribution in [0.2, 0.25) is 0 Å². The second-order valence-electron chi connectivity index (χ2n) is 4.42. The number of nitrogens with zero attached hydrogens (tertiary/aromatic N) is 4. The molecule has 21 heavy (non-hydrogen) atoms. The van der Waals surface area contributed by atoms with Gasteiger partial charge >= 0.3 is 0 Å². The largest absolute Gasteiger partial charge is 0.340 e. The minimum Gasteiger partial charge on any atom is -0.340 e. The molecule has 10 heteroatoms. The van der Waals surface area contributed by atoms with Crippen molar-refractivity contribution in [2.45, 2.75) is 24.8 Å². The summed E-state index contributed by atoms with van der Waals surface area (Å²) in [6, 6.07) is 0. The van der Waals surface area contributed by atoms with Gasteiger partial charge in [-0.25, -0.2) is 13.1 Å². The molecule has 2 aromatic rings. The Hall–Kier alpha value is -1.78. The molecule has 0 aromatic carbocycles. The van der Waals surface area contributed by atoms with Crippen LogP contribution in [0.5, 0.6) is 0 Å². The molecule has 2 N–H and O–H groups in total. The topological polar surface area (TPSA) is 115 Å². The summed E-state index contributed by atoms with van der Waals surface area (Å²) in [5, 5.41) is 10.7. The fourth-order valence-electron chi connectivity index (χ4n) is 1.66. The lowest BCUT2D eigenvalue weighted by molar-refractivity contribution is 0.387. The van der Waals surface area contributed by atoms with Gasteiger partial charge < -0.3 is 9.84 Å². The molecule has 2 rings (SSSR count). The number of aromatic nitrogens is 4. The van der Waals surface area contributed by atoms with Crippen LogP contribution < -0.4 is 10.0 Å². The van der Waals surface area contributed by atoms with E-state index in [9.17, 15) is 8.42 Å². The molecule has 2 aromatic heterocycles.